The highest BCUT2D eigenvalue weighted by molar-refractivity contribution is 6.14. The second-order valence-electron chi connectivity index (χ2n) is 5.74. The Morgan fingerprint density at radius 3 is 2.50 bits per heavy atom. The van der Waals surface area contributed by atoms with Gasteiger partial charge in [-0.05, 0) is 44.2 Å². The first-order valence-electron chi connectivity index (χ1n) is 8.42. The van der Waals surface area contributed by atoms with Crippen molar-refractivity contribution in [2.24, 2.45) is 0 Å². The Bertz CT molecular complexity index is 961. The molecule has 134 valence electrons. The van der Waals surface area contributed by atoms with Crippen LogP contribution in [0.2, 0.25) is 0 Å². The molecule has 1 N–H and O–H groups in total. The normalized spacial score (nSPS) is 10.7. The molecular formula is C20H19FN2O3. The Hall–Kier alpha value is -3.15. The largest absolute Gasteiger partial charge is 0.449 e. The van der Waals surface area contributed by atoms with Crippen LogP contribution in [-0.2, 0) is 0 Å². The second-order valence-corrected chi connectivity index (χ2v) is 5.74. The predicted octanol–water partition coefficient (Wildman–Crippen LogP) is 4.31. The van der Waals surface area contributed by atoms with Crippen molar-refractivity contribution in [3.63, 3.8) is 0 Å². The van der Waals surface area contributed by atoms with Gasteiger partial charge in [-0.25, -0.2) is 4.39 Å². The summed E-state index contributed by atoms with van der Waals surface area (Å²) in [6.07, 6.45) is 0. The van der Waals surface area contributed by atoms with Gasteiger partial charge in [0.1, 0.15) is 17.1 Å². The fourth-order valence-electron chi connectivity index (χ4n) is 2.79. The highest BCUT2D eigenvalue weighted by Crippen LogP contribution is 2.32. The first-order valence-corrected chi connectivity index (χ1v) is 8.42. The molecule has 3 aromatic rings. The molecule has 0 bridgehead atoms. The molecule has 5 nitrogen and oxygen atoms in total. The van der Waals surface area contributed by atoms with Gasteiger partial charge in [-0.3, -0.25) is 9.59 Å². The molecule has 0 aliphatic rings. The molecule has 0 unspecified atom stereocenters. The van der Waals surface area contributed by atoms with E-state index in [-0.39, 0.29) is 17.2 Å². The number of carbonyl (C=O) groups is 2. The third kappa shape index (κ3) is 3.31. The molecule has 6 heteroatoms. The van der Waals surface area contributed by atoms with E-state index in [4.69, 9.17) is 4.42 Å². The minimum Gasteiger partial charge on any atom is -0.449 e. The van der Waals surface area contributed by atoms with Crippen LogP contribution in [0.25, 0.3) is 11.0 Å². The smallest absolute Gasteiger partial charge is 0.291 e. The lowest BCUT2D eigenvalue weighted by molar-refractivity contribution is 0.0745. The van der Waals surface area contributed by atoms with Crippen molar-refractivity contribution in [1.82, 2.24) is 4.90 Å². The first kappa shape index (κ1) is 17.7. The van der Waals surface area contributed by atoms with Crippen LogP contribution in [0.3, 0.4) is 0 Å². The summed E-state index contributed by atoms with van der Waals surface area (Å²) in [5.74, 6) is -1.25. The number of hydrogen-bond acceptors (Lipinski definition) is 3. The Balaban J connectivity index is 2.04. The minimum atomic E-state index is -0.510. The fourth-order valence-corrected chi connectivity index (χ4v) is 2.79. The van der Waals surface area contributed by atoms with Gasteiger partial charge >= 0.3 is 0 Å². The predicted molar refractivity (Wildman–Crippen MR) is 97.8 cm³/mol. The maximum Gasteiger partial charge on any atom is 0.291 e. The number of halogens is 1. The van der Waals surface area contributed by atoms with E-state index in [2.05, 4.69) is 5.32 Å². The lowest BCUT2D eigenvalue weighted by Gasteiger charge is -2.17. The van der Waals surface area contributed by atoms with Crippen molar-refractivity contribution in [1.29, 1.82) is 0 Å². The van der Waals surface area contributed by atoms with E-state index >= 15 is 0 Å². The number of anilines is 1. The SMILES string of the molecule is CCN(CC)C(=O)c1oc2ccccc2c1NC(=O)c1cccc(F)c1. The maximum absolute atomic E-state index is 13.4. The van der Waals surface area contributed by atoms with Gasteiger partial charge in [-0.2, -0.15) is 0 Å². The zero-order chi connectivity index (χ0) is 18.7. The topological polar surface area (TPSA) is 62.6 Å². The lowest BCUT2D eigenvalue weighted by atomic mass is 10.1. The van der Waals surface area contributed by atoms with Crippen molar-refractivity contribution in [3.8, 4) is 0 Å². The molecule has 0 fully saturated rings. The van der Waals surface area contributed by atoms with E-state index in [1.807, 2.05) is 13.8 Å². The molecule has 2 amide bonds. The Morgan fingerprint density at radius 1 is 1.08 bits per heavy atom. The summed E-state index contributed by atoms with van der Waals surface area (Å²) in [6, 6.07) is 12.4. The summed E-state index contributed by atoms with van der Waals surface area (Å²) in [7, 11) is 0. The van der Waals surface area contributed by atoms with Gasteiger partial charge in [0.15, 0.2) is 0 Å². The highest BCUT2D eigenvalue weighted by atomic mass is 19.1. The van der Waals surface area contributed by atoms with Gasteiger partial charge in [0.25, 0.3) is 11.8 Å². The molecule has 3 rings (SSSR count). The first-order chi connectivity index (χ1) is 12.5. The fraction of sp³-hybridized carbons (Fsp3) is 0.200. The number of para-hydroxylation sites is 1. The van der Waals surface area contributed by atoms with E-state index in [0.717, 1.165) is 6.07 Å². The van der Waals surface area contributed by atoms with Gasteiger partial charge in [-0.1, -0.05) is 18.2 Å². The van der Waals surface area contributed by atoms with Crippen LogP contribution in [0.5, 0.6) is 0 Å². The van der Waals surface area contributed by atoms with Crippen molar-refractivity contribution in [2.45, 2.75) is 13.8 Å². The summed E-state index contributed by atoms with van der Waals surface area (Å²) in [5, 5.41) is 3.33. The van der Waals surface area contributed by atoms with Gasteiger partial charge < -0.3 is 14.6 Å². The van der Waals surface area contributed by atoms with Crippen molar-refractivity contribution >= 4 is 28.5 Å². The van der Waals surface area contributed by atoms with E-state index in [9.17, 15) is 14.0 Å². The molecule has 0 atom stereocenters. The Labute approximate surface area is 150 Å². The van der Waals surface area contributed by atoms with Crippen LogP contribution in [0.15, 0.2) is 52.9 Å². The summed E-state index contributed by atoms with van der Waals surface area (Å²) in [5.41, 5.74) is 0.959. The molecule has 2 aromatic carbocycles. The van der Waals surface area contributed by atoms with E-state index in [0.29, 0.717) is 29.7 Å². The van der Waals surface area contributed by atoms with Gasteiger partial charge in [0.05, 0.1) is 0 Å². The zero-order valence-electron chi connectivity index (χ0n) is 14.6. The number of amides is 2. The molecule has 0 aliphatic heterocycles. The van der Waals surface area contributed by atoms with Crippen molar-refractivity contribution in [3.05, 3.63) is 65.7 Å². The van der Waals surface area contributed by atoms with Crippen LogP contribution >= 0.6 is 0 Å². The molecular weight excluding hydrogens is 335 g/mol. The standard InChI is InChI=1S/C20H19FN2O3/c1-3-23(4-2)20(25)18-17(15-10-5-6-11-16(15)26-18)22-19(24)13-8-7-9-14(21)12-13/h5-12H,3-4H2,1-2H3,(H,22,24). The van der Waals surface area contributed by atoms with Crippen LogP contribution in [0.1, 0.15) is 34.8 Å². The number of hydrogen-bond donors (Lipinski definition) is 1. The van der Waals surface area contributed by atoms with Crippen LogP contribution < -0.4 is 5.32 Å². The van der Waals surface area contributed by atoms with Crippen LogP contribution in [0, 0.1) is 5.82 Å². The number of benzene rings is 2. The summed E-state index contributed by atoms with van der Waals surface area (Å²) in [6.45, 7) is 4.78. The number of nitrogens with zero attached hydrogens (tertiary/aromatic N) is 1. The van der Waals surface area contributed by atoms with E-state index in [1.54, 1.807) is 29.2 Å². The minimum absolute atomic E-state index is 0.0691. The number of rotatable bonds is 5. The Kier molecular flexibility index (Phi) is 5.02. The Morgan fingerprint density at radius 2 is 1.81 bits per heavy atom. The van der Waals surface area contributed by atoms with Crippen LogP contribution in [0.4, 0.5) is 10.1 Å². The second kappa shape index (κ2) is 7.39. The van der Waals surface area contributed by atoms with Crippen LogP contribution in [-0.4, -0.2) is 29.8 Å². The molecule has 0 saturated heterocycles. The molecule has 1 aromatic heterocycles. The third-order valence-electron chi connectivity index (χ3n) is 4.17. The molecule has 0 radical (unpaired) electrons. The van der Waals surface area contributed by atoms with Gasteiger partial charge in [0.2, 0.25) is 5.76 Å². The monoisotopic (exact) mass is 354 g/mol. The lowest BCUT2D eigenvalue weighted by Crippen LogP contribution is -2.31. The molecule has 0 spiro atoms. The molecule has 0 saturated carbocycles. The molecule has 0 aliphatic carbocycles. The average Bonchev–Trinajstić information content (AvgIpc) is 3.01. The summed E-state index contributed by atoms with van der Waals surface area (Å²) in [4.78, 5) is 26.9. The maximum atomic E-state index is 13.4. The quantitative estimate of drug-likeness (QED) is 0.743. The number of carbonyl (C=O) groups excluding carboxylic acids is 2. The van der Waals surface area contributed by atoms with E-state index < -0.39 is 11.7 Å². The summed E-state index contributed by atoms with van der Waals surface area (Å²) >= 11 is 0. The molecule has 26 heavy (non-hydrogen) atoms. The highest BCUT2D eigenvalue weighted by Gasteiger charge is 2.25. The van der Waals surface area contributed by atoms with E-state index in [1.165, 1.54) is 18.2 Å². The molecule has 1 heterocycles. The zero-order valence-corrected chi connectivity index (χ0v) is 14.6. The van der Waals surface area contributed by atoms with Crippen molar-refractivity contribution in [2.75, 3.05) is 18.4 Å². The average molecular weight is 354 g/mol. The van der Waals surface area contributed by atoms with Crippen molar-refractivity contribution < 1.29 is 18.4 Å². The third-order valence-corrected chi connectivity index (χ3v) is 4.17. The number of furan rings is 1. The number of fused-ring (bicyclic) bond motifs is 1. The van der Waals surface area contributed by atoms with Gasteiger partial charge in [0, 0.05) is 24.0 Å². The van der Waals surface area contributed by atoms with Gasteiger partial charge in [-0.15, -0.1) is 0 Å². The number of nitrogens with one attached hydrogen (secondary N) is 1. The summed E-state index contributed by atoms with van der Waals surface area (Å²) < 4.78 is 19.1.